The molecule has 0 N–H and O–H groups in total. The molecule has 0 unspecified atom stereocenters. The van der Waals surface area contributed by atoms with Crippen LogP contribution >= 0.6 is 22.9 Å². The molecule has 1 aliphatic rings. The van der Waals surface area contributed by atoms with E-state index in [-0.39, 0.29) is 5.91 Å². The van der Waals surface area contributed by atoms with E-state index in [2.05, 4.69) is 36.1 Å². The largest absolute Gasteiger partial charge is 0.344 e. The van der Waals surface area contributed by atoms with Gasteiger partial charge in [0.2, 0.25) is 0 Å². The average molecular weight is 452 g/mol. The smallest absolute Gasteiger partial charge is 0.255 e. The van der Waals surface area contributed by atoms with Crippen molar-refractivity contribution in [3.8, 4) is 5.69 Å². The van der Waals surface area contributed by atoms with Gasteiger partial charge < -0.3 is 9.80 Å². The Labute approximate surface area is 189 Å². The van der Waals surface area contributed by atoms with Crippen LogP contribution in [0.25, 0.3) is 16.0 Å². The van der Waals surface area contributed by atoms with Crippen molar-refractivity contribution in [2.24, 2.45) is 0 Å². The minimum atomic E-state index is -0.0135. The average Bonchev–Trinajstić information content (AvgIpc) is 3.35. The Morgan fingerprint density at radius 1 is 1.00 bits per heavy atom. The van der Waals surface area contributed by atoms with E-state index in [0.29, 0.717) is 23.7 Å². The zero-order chi connectivity index (χ0) is 21.5. The number of anilines is 1. The van der Waals surface area contributed by atoms with Crippen molar-refractivity contribution >= 4 is 44.3 Å². The van der Waals surface area contributed by atoms with Gasteiger partial charge in [-0.2, -0.15) is 10.1 Å². The quantitative estimate of drug-likeness (QED) is 0.452. The third-order valence-electron chi connectivity index (χ3n) is 5.60. The fourth-order valence-corrected chi connectivity index (χ4v) is 5.09. The van der Waals surface area contributed by atoms with Crippen molar-refractivity contribution in [3.63, 3.8) is 0 Å². The first kappa shape index (κ1) is 20.0. The summed E-state index contributed by atoms with van der Waals surface area (Å²) in [6.45, 7) is 6.86. The van der Waals surface area contributed by atoms with Gasteiger partial charge in [-0.25, -0.2) is 4.68 Å². The number of rotatable bonds is 3. The molecule has 2 aromatic carbocycles. The van der Waals surface area contributed by atoms with E-state index >= 15 is 0 Å². The van der Waals surface area contributed by atoms with Crippen molar-refractivity contribution < 1.29 is 4.79 Å². The van der Waals surface area contributed by atoms with Crippen LogP contribution in [-0.2, 0) is 0 Å². The first-order chi connectivity index (χ1) is 15.0. The Morgan fingerprint density at radius 2 is 1.71 bits per heavy atom. The van der Waals surface area contributed by atoms with Gasteiger partial charge in [-0.3, -0.25) is 4.79 Å². The maximum Gasteiger partial charge on any atom is 0.255 e. The molecule has 0 bridgehead atoms. The molecular weight excluding hydrogens is 430 g/mol. The molecule has 0 saturated carbocycles. The summed E-state index contributed by atoms with van der Waals surface area (Å²) in [7, 11) is 0. The van der Waals surface area contributed by atoms with E-state index in [0.717, 1.165) is 39.9 Å². The van der Waals surface area contributed by atoms with Crippen molar-refractivity contribution in [1.82, 2.24) is 19.7 Å². The second kappa shape index (κ2) is 7.98. The van der Waals surface area contributed by atoms with Gasteiger partial charge in [-0.15, -0.1) is 0 Å². The number of benzene rings is 2. The molecule has 6 nitrogen and oxygen atoms in total. The fourth-order valence-electron chi connectivity index (χ4n) is 3.83. The maximum absolute atomic E-state index is 12.8. The second-order valence-corrected chi connectivity index (χ2v) is 9.13. The molecule has 0 atom stereocenters. The lowest BCUT2D eigenvalue weighted by Gasteiger charge is -2.34. The topological polar surface area (TPSA) is 54.3 Å². The number of carbonyl (C=O) groups is 1. The highest BCUT2D eigenvalue weighted by Crippen LogP contribution is 2.33. The van der Waals surface area contributed by atoms with Crippen molar-refractivity contribution in [2.45, 2.75) is 13.8 Å². The van der Waals surface area contributed by atoms with Gasteiger partial charge in [-0.05, 0) is 38.1 Å². The van der Waals surface area contributed by atoms with Crippen molar-refractivity contribution in [2.75, 3.05) is 31.1 Å². The standard InChI is InChI=1S/C23H22ClN5OS/c1-15-7-9-17(10-8-15)29-21-20(16(2)26-29)31-23(25-21)28-13-11-27(12-14-28)22(30)18-5-3-4-6-19(18)24/h3-10H,11-14H2,1-2H3. The summed E-state index contributed by atoms with van der Waals surface area (Å²) in [5.41, 5.74) is 4.65. The van der Waals surface area contributed by atoms with Crippen LogP contribution in [0.3, 0.4) is 0 Å². The fraction of sp³-hybridized carbons (Fsp3) is 0.261. The van der Waals surface area contributed by atoms with Gasteiger partial charge in [0.15, 0.2) is 10.8 Å². The van der Waals surface area contributed by atoms with Crippen LogP contribution in [0.5, 0.6) is 0 Å². The molecule has 2 aromatic heterocycles. The Hall–Kier alpha value is -2.90. The van der Waals surface area contributed by atoms with Gasteiger partial charge >= 0.3 is 0 Å². The Bertz CT molecular complexity index is 1250. The SMILES string of the molecule is Cc1ccc(-n2nc(C)c3sc(N4CCN(C(=O)c5ccccc5Cl)CC4)nc32)cc1. The molecule has 158 valence electrons. The number of halogens is 1. The van der Waals surface area contributed by atoms with Gasteiger partial charge in [0.05, 0.1) is 26.7 Å². The highest BCUT2D eigenvalue weighted by atomic mass is 35.5. The number of thiazole rings is 1. The Balaban J connectivity index is 1.35. The Morgan fingerprint density at radius 3 is 2.42 bits per heavy atom. The lowest BCUT2D eigenvalue weighted by Crippen LogP contribution is -2.48. The molecule has 31 heavy (non-hydrogen) atoms. The molecule has 1 fully saturated rings. The number of piperazine rings is 1. The monoisotopic (exact) mass is 451 g/mol. The lowest BCUT2D eigenvalue weighted by atomic mass is 10.2. The summed E-state index contributed by atoms with van der Waals surface area (Å²) in [6.07, 6.45) is 0. The van der Waals surface area contributed by atoms with E-state index in [1.807, 2.05) is 28.6 Å². The minimum Gasteiger partial charge on any atom is -0.344 e. The van der Waals surface area contributed by atoms with E-state index < -0.39 is 0 Å². The van der Waals surface area contributed by atoms with Gasteiger partial charge in [-0.1, -0.05) is 52.8 Å². The predicted octanol–water partition coefficient (Wildman–Crippen LogP) is 4.71. The van der Waals surface area contributed by atoms with Gasteiger partial charge in [0.1, 0.15) is 0 Å². The lowest BCUT2D eigenvalue weighted by molar-refractivity contribution is 0.0747. The summed E-state index contributed by atoms with van der Waals surface area (Å²) in [6, 6.07) is 15.5. The summed E-state index contributed by atoms with van der Waals surface area (Å²) in [5, 5.41) is 6.16. The molecule has 1 amide bonds. The number of fused-ring (bicyclic) bond motifs is 1. The van der Waals surface area contributed by atoms with Crippen LogP contribution in [-0.4, -0.2) is 51.8 Å². The Kier molecular flexibility index (Phi) is 5.16. The number of amides is 1. The number of nitrogens with zero attached hydrogens (tertiary/aromatic N) is 5. The normalized spacial score (nSPS) is 14.4. The van der Waals surface area contributed by atoms with Crippen molar-refractivity contribution in [1.29, 1.82) is 0 Å². The number of hydrogen-bond donors (Lipinski definition) is 0. The van der Waals surface area contributed by atoms with Crippen molar-refractivity contribution in [3.05, 3.63) is 70.4 Å². The third kappa shape index (κ3) is 3.68. The first-order valence-electron chi connectivity index (χ1n) is 10.2. The summed E-state index contributed by atoms with van der Waals surface area (Å²) < 4.78 is 3.02. The van der Waals surface area contributed by atoms with Crippen LogP contribution in [0, 0.1) is 13.8 Å². The molecule has 4 aromatic rings. The van der Waals surface area contributed by atoms with E-state index in [1.165, 1.54) is 5.56 Å². The predicted molar refractivity (Wildman–Crippen MR) is 126 cm³/mol. The molecule has 0 aliphatic carbocycles. The maximum atomic E-state index is 12.8. The van der Waals surface area contributed by atoms with Crippen LogP contribution in [0.1, 0.15) is 21.6 Å². The zero-order valence-corrected chi connectivity index (χ0v) is 19.0. The highest BCUT2D eigenvalue weighted by Gasteiger charge is 2.26. The van der Waals surface area contributed by atoms with Crippen LogP contribution in [0.15, 0.2) is 48.5 Å². The van der Waals surface area contributed by atoms with Crippen LogP contribution in [0.2, 0.25) is 5.02 Å². The zero-order valence-electron chi connectivity index (χ0n) is 17.4. The summed E-state index contributed by atoms with van der Waals surface area (Å²) in [4.78, 5) is 21.9. The molecule has 8 heteroatoms. The molecule has 1 aliphatic heterocycles. The van der Waals surface area contributed by atoms with Crippen LogP contribution in [0.4, 0.5) is 5.13 Å². The summed E-state index contributed by atoms with van der Waals surface area (Å²) in [5.74, 6) is -0.0135. The first-order valence-corrected chi connectivity index (χ1v) is 11.4. The van der Waals surface area contributed by atoms with E-state index in [1.54, 1.807) is 23.5 Å². The molecule has 3 heterocycles. The molecular formula is C23H22ClN5OS. The minimum absolute atomic E-state index is 0.0135. The highest BCUT2D eigenvalue weighted by molar-refractivity contribution is 7.22. The third-order valence-corrected chi connectivity index (χ3v) is 7.14. The number of carbonyl (C=O) groups excluding carboxylic acids is 1. The molecule has 0 spiro atoms. The molecule has 1 saturated heterocycles. The number of hydrogen-bond acceptors (Lipinski definition) is 5. The summed E-state index contributed by atoms with van der Waals surface area (Å²) >= 11 is 7.87. The molecule has 0 radical (unpaired) electrons. The number of aromatic nitrogens is 3. The van der Waals surface area contributed by atoms with E-state index in [9.17, 15) is 4.79 Å². The van der Waals surface area contributed by atoms with Gasteiger partial charge in [0.25, 0.3) is 5.91 Å². The van der Waals surface area contributed by atoms with E-state index in [4.69, 9.17) is 21.7 Å². The second-order valence-electron chi connectivity index (χ2n) is 7.74. The molecule has 5 rings (SSSR count). The van der Waals surface area contributed by atoms with Crippen LogP contribution < -0.4 is 4.90 Å². The number of aryl methyl sites for hydroxylation is 2. The van der Waals surface area contributed by atoms with Gasteiger partial charge in [0, 0.05) is 26.2 Å².